The van der Waals surface area contributed by atoms with E-state index in [1.54, 1.807) is 25.1 Å². The molecule has 1 aromatic carbocycles. The minimum atomic E-state index is -1.15. The zero-order chi connectivity index (χ0) is 14.7. The summed E-state index contributed by atoms with van der Waals surface area (Å²) in [6.07, 6.45) is 0. The predicted octanol–water partition coefficient (Wildman–Crippen LogP) is 2.81. The highest BCUT2D eigenvalue weighted by Crippen LogP contribution is 2.28. The molecule has 0 fully saturated rings. The van der Waals surface area contributed by atoms with Gasteiger partial charge in [-0.05, 0) is 25.1 Å². The summed E-state index contributed by atoms with van der Waals surface area (Å²) >= 11 is 0. The quantitative estimate of drug-likeness (QED) is 0.642. The standard InChI is InChI=1S/C13H12N2O5/c1-8-3-2-4-10(12(8)15(18)19)14-7-9-5-6-11(20-9)13(16)17/h2-6,14H,7H2,1H3,(H,16,17). The van der Waals surface area contributed by atoms with Crippen molar-refractivity contribution in [3.63, 3.8) is 0 Å². The Morgan fingerprint density at radius 2 is 2.15 bits per heavy atom. The van der Waals surface area contributed by atoms with Crippen molar-refractivity contribution in [1.82, 2.24) is 0 Å². The van der Waals surface area contributed by atoms with Crippen molar-refractivity contribution in [2.75, 3.05) is 5.32 Å². The molecule has 2 N–H and O–H groups in total. The summed E-state index contributed by atoms with van der Waals surface area (Å²) in [7, 11) is 0. The molecule has 0 amide bonds. The van der Waals surface area contributed by atoms with E-state index in [4.69, 9.17) is 9.52 Å². The highest BCUT2D eigenvalue weighted by molar-refractivity contribution is 5.84. The minimum absolute atomic E-state index is 0.00230. The fraction of sp³-hybridized carbons (Fsp3) is 0.154. The summed E-state index contributed by atoms with van der Waals surface area (Å²) in [6.45, 7) is 1.82. The average Bonchev–Trinajstić information content (AvgIpc) is 2.84. The number of aryl methyl sites for hydroxylation is 1. The number of carboxylic acid groups (broad SMARTS) is 1. The maximum Gasteiger partial charge on any atom is 0.371 e. The highest BCUT2D eigenvalue weighted by Gasteiger charge is 2.17. The Morgan fingerprint density at radius 3 is 2.75 bits per heavy atom. The summed E-state index contributed by atoms with van der Waals surface area (Å²) in [5.41, 5.74) is 0.909. The van der Waals surface area contributed by atoms with E-state index < -0.39 is 10.9 Å². The number of para-hydroxylation sites is 1. The predicted molar refractivity (Wildman–Crippen MR) is 70.8 cm³/mol. The van der Waals surface area contributed by atoms with E-state index in [9.17, 15) is 14.9 Å². The van der Waals surface area contributed by atoms with Gasteiger partial charge in [0.1, 0.15) is 11.4 Å². The van der Waals surface area contributed by atoms with Crippen LogP contribution in [0.3, 0.4) is 0 Å². The van der Waals surface area contributed by atoms with Crippen LogP contribution in [0.2, 0.25) is 0 Å². The lowest BCUT2D eigenvalue weighted by Gasteiger charge is -2.07. The van der Waals surface area contributed by atoms with Crippen LogP contribution in [-0.2, 0) is 6.54 Å². The maximum atomic E-state index is 11.0. The fourth-order valence-electron chi connectivity index (χ4n) is 1.81. The molecule has 0 saturated heterocycles. The van der Waals surface area contributed by atoms with Crippen molar-refractivity contribution in [3.05, 3.63) is 57.5 Å². The molecule has 0 radical (unpaired) electrons. The monoisotopic (exact) mass is 276 g/mol. The van der Waals surface area contributed by atoms with Crippen molar-refractivity contribution in [3.8, 4) is 0 Å². The fourth-order valence-corrected chi connectivity index (χ4v) is 1.81. The van der Waals surface area contributed by atoms with Crippen LogP contribution in [0, 0.1) is 17.0 Å². The van der Waals surface area contributed by atoms with Crippen molar-refractivity contribution in [2.45, 2.75) is 13.5 Å². The molecule has 0 saturated carbocycles. The molecule has 0 bridgehead atoms. The molecule has 7 nitrogen and oxygen atoms in total. The van der Waals surface area contributed by atoms with E-state index in [0.717, 1.165) is 0 Å². The summed E-state index contributed by atoms with van der Waals surface area (Å²) in [5, 5.41) is 22.6. The SMILES string of the molecule is Cc1cccc(NCc2ccc(C(=O)O)o2)c1[N+](=O)[O-]. The number of benzene rings is 1. The van der Waals surface area contributed by atoms with Gasteiger partial charge < -0.3 is 14.8 Å². The molecule has 0 aliphatic carbocycles. The minimum Gasteiger partial charge on any atom is -0.475 e. The first-order chi connectivity index (χ1) is 9.49. The van der Waals surface area contributed by atoms with Gasteiger partial charge in [0.2, 0.25) is 5.76 Å². The summed E-state index contributed by atoms with van der Waals surface area (Å²) in [4.78, 5) is 21.2. The molecule has 0 unspecified atom stereocenters. The zero-order valence-corrected chi connectivity index (χ0v) is 10.6. The second-order valence-corrected chi connectivity index (χ2v) is 4.15. The lowest BCUT2D eigenvalue weighted by molar-refractivity contribution is -0.384. The van der Waals surface area contributed by atoms with Crippen molar-refractivity contribution in [1.29, 1.82) is 0 Å². The van der Waals surface area contributed by atoms with E-state index in [2.05, 4.69) is 5.32 Å². The summed E-state index contributed by atoms with van der Waals surface area (Å²) in [6, 6.07) is 7.79. The number of hydrogen-bond donors (Lipinski definition) is 2. The van der Waals surface area contributed by atoms with Gasteiger partial charge in [0, 0.05) is 5.56 Å². The average molecular weight is 276 g/mol. The number of hydrogen-bond acceptors (Lipinski definition) is 5. The van der Waals surface area contributed by atoms with E-state index >= 15 is 0 Å². The number of furan rings is 1. The molecule has 2 aromatic rings. The lowest BCUT2D eigenvalue weighted by atomic mass is 10.1. The van der Waals surface area contributed by atoms with Gasteiger partial charge in [-0.2, -0.15) is 0 Å². The van der Waals surface area contributed by atoms with E-state index in [1.807, 2.05) is 0 Å². The molecule has 20 heavy (non-hydrogen) atoms. The molecule has 0 aliphatic rings. The number of carbonyl (C=O) groups is 1. The third kappa shape index (κ3) is 2.77. The molecule has 0 spiro atoms. The Labute approximate surface area is 114 Å². The van der Waals surface area contributed by atoms with Gasteiger partial charge in [0.15, 0.2) is 0 Å². The van der Waals surface area contributed by atoms with Gasteiger partial charge >= 0.3 is 5.97 Å². The molecular weight excluding hydrogens is 264 g/mol. The van der Waals surface area contributed by atoms with Crippen LogP contribution in [-0.4, -0.2) is 16.0 Å². The van der Waals surface area contributed by atoms with E-state index in [1.165, 1.54) is 12.1 Å². The molecule has 7 heteroatoms. The zero-order valence-electron chi connectivity index (χ0n) is 10.6. The number of nitro groups is 1. The Hall–Kier alpha value is -2.83. The largest absolute Gasteiger partial charge is 0.475 e. The lowest BCUT2D eigenvalue weighted by Crippen LogP contribution is -2.03. The highest BCUT2D eigenvalue weighted by atomic mass is 16.6. The Morgan fingerprint density at radius 1 is 1.40 bits per heavy atom. The number of carboxylic acids is 1. The topological polar surface area (TPSA) is 106 Å². The molecule has 0 atom stereocenters. The maximum absolute atomic E-state index is 11.0. The van der Waals surface area contributed by atoms with Crippen LogP contribution in [0.4, 0.5) is 11.4 Å². The number of anilines is 1. The number of rotatable bonds is 5. The van der Waals surface area contributed by atoms with Crippen LogP contribution >= 0.6 is 0 Å². The molecule has 2 rings (SSSR count). The third-order valence-corrected chi connectivity index (χ3v) is 2.75. The van der Waals surface area contributed by atoms with Gasteiger partial charge in [-0.25, -0.2) is 4.79 Å². The van der Waals surface area contributed by atoms with Crippen molar-refractivity contribution >= 4 is 17.3 Å². The number of aromatic carboxylic acids is 1. The van der Waals surface area contributed by atoms with Crippen LogP contribution in [0.1, 0.15) is 21.9 Å². The number of nitro benzene ring substituents is 1. The second kappa shape index (κ2) is 5.43. The Kier molecular flexibility index (Phi) is 3.69. The van der Waals surface area contributed by atoms with Gasteiger partial charge in [0.25, 0.3) is 5.69 Å². The normalized spacial score (nSPS) is 10.2. The first kappa shape index (κ1) is 13.6. The third-order valence-electron chi connectivity index (χ3n) is 2.75. The smallest absolute Gasteiger partial charge is 0.371 e. The first-order valence-corrected chi connectivity index (χ1v) is 5.79. The van der Waals surface area contributed by atoms with Crippen molar-refractivity contribution in [2.24, 2.45) is 0 Å². The van der Waals surface area contributed by atoms with Crippen molar-refractivity contribution < 1.29 is 19.2 Å². The Balaban J connectivity index is 2.16. The van der Waals surface area contributed by atoms with Crippen LogP contribution < -0.4 is 5.32 Å². The van der Waals surface area contributed by atoms with Gasteiger partial charge in [-0.15, -0.1) is 0 Å². The van der Waals surface area contributed by atoms with E-state index in [0.29, 0.717) is 17.0 Å². The van der Waals surface area contributed by atoms with E-state index in [-0.39, 0.29) is 18.0 Å². The number of nitrogens with one attached hydrogen (secondary N) is 1. The van der Waals surface area contributed by atoms with Gasteiger partial charge in [-0.3, -0.25) is 10.1 Å². The second-order valence-electron chi connectivity index (χ2n) is 4.15. The van der Waals surface area contributed by atoms with Gasteiger partial charge in [-0.1, -0.05) is 12.1 Å². The molecule has 1 heterocycles. The van der Waals surface area contributed by atoms with Crippen LogP contribution in [0.5, 0.6) is 0 Å². The molecule has 104 valence electrons. The van der Waals surface area contributed by atoms with Gasteiger partial charge in [0.05, 0.1) is 11.5 Å². The summed E-state index contributed by atoms with van der Waals surface area (Å²) < 4.78 is 5.07. The number of nitrogens with zero attached hydrogens (tertiary/aromatic N) is 1. The first-order valence-electron chi connectivity index (χ1n) is 5.79. The molecule has 1 aromatic heterocycles. The summed E-state index contributed by atoms with van der Waals surface area (Å²) in [5.74, 6) is -0.934. The molecular formula is C13H12N2O5. The Bertz CT molecular complexity index is 663. The molecule has 0 aliphatic heterocycles. The van der Waals surface area contributed by atoms with Crippen LogP contribution in [0.15, 0.2) is 34.7 Å². The van der Waals surface area contributed by atoms with Crippen LogP contribution in [0.25, 0.3) is 0 Å².